The third-order valence-corrected chi connectivity index (χ3v) is 4.59. The number of benzene rings is 1. The van der Waals surface area contributed by atoms with Crippen LogP contribution in [0.15, 0.2) is 24.3 Å². The second-order valence-electron chi connectivity index (χ2n) is 6.86. The zero-order valence-corrected chi connectivity index (χ0v) is 16.2. The molecule has 7 heteroatoms. The molecule has 148 valence electrons. The van der Waals surface area contributed by atoms with Gasteiger partial charge in [-0.3, -0.25) is 19.3 Å². The first-order chi connectivity index (χ1) is 13.0. The monoisotopic (exact) mass is 374 g/mol. The Balaban J connectivity index is 1.79. The molecule has 7 nitrogen and oxygen atoms in total. The van der Waals surface area contributed by atoms with Crippen molar-refractivity contribution in [1.29, 1.82) is 0 Å². The lowest BCUT2D eigenvalue weighted by atomic mass is 10.0. The molecule has 1 aromatic carbocycles. The molecule has 27 heavy (non-hydrogen) atoms. The molecule has 3 amide bonds. The van der Waals surface area contributed by atoms with Crippen LogP contribution in [0.1, 0.15) is 49.9 Å². The van der Waals surface area contributed by atoms with Gasteiger partial charge in [-0.15, -0.1) is 0 Å². The molecule has 0 radical (unpaired) electrons. The Hall–Kier alpha value is -2.41. The molecular formula is C20H30N4O3. The predicted octanol–water partition coefficient (Wildman–Crippen LogP) is 1.76. The quantitative estimate of drug-likeness (QED) is 0.647. The molecule has 2 rings (SSSR count). The summed E-state index contributed by atoms with van der Waals surface area (Å²) in [5.74, 6) is -0.157. The van der Waals surface area contributed by atoms with Crippen LogP contribution in [0.4, 0.5) is 5.69 Å². The number of carbonyl (C=O) groups excluding carboxylic acids is 3. The Kier molecular flexibility index (Phi) is 8.26. The van der Waals surface area contributed by atoms with E-state index in [-0.39, 0.29) is 23.8 Å². The van der Waals surface area contributed by atoms with E-state index in [0.717, 1.165) is 32.4 Å². The fourth-order valence-electron chi connectivity index (χ4n) is 3.02. The van der Waals surface area contributed by atoms with Gasteiger partial charge >= 0.3 is 0 Å². The van der Waals surface area contributed by atoms with Gasteiger partial charge in [0.2, 0.25) is 11.8 Å². The van der Waals surface area contributed by atoms with Crippen molar-refractivity contribution < 1.29 is 14.4 Å². The molecular weight excluding hydrogens is 344 g/mol. The molecule has 0 unspecified atom stereocenters. The standard InChI is InChI=1S/C20H30N4O3/c1-3-10-21-19(26)14-24-11-8-16(9-12-24)23-20(27)15-6-5-7-17(13-15)22-18(25)4-2/h5-7,13,16H,3-4,8-12,14H2,1-2H3,(H,21,26)(H,22,25)(H,23,27). The van der Waals surface area contributed by atoms with Crippen molar-refractivity contribution in [3.8, 4) is 0 Å². The van der Waals surface area contributed by atoms with E-state index in [1.54, 1.807) is 31.2 Å². The summed E-state index contributed by atoms with van der Waals surface area (Å²) in [4.78, 5) is 37.9. The third kappa shape index (κ3) is 7.02. The van der Waals surface area contributed by atoms with Gasteiger partial charge < -0.3 is 16.0 Å². The maximum Gasteiger partial charge on any atom is 0.251 e. The number of piperidine rings is 1. The summed E-state index contributed by atoms with van der Waals surface area (Å²) in [5.41, 5.74) is 1.16. The molecule has 3 N–H and O–H groups in total. The van der Waals surface area contributed by atoms with Gasteiger partial charge in [0.25, 0.3) is 5.91 Å². The molecule has 1 aliphatic heterocycles. The Morgan fingerprint density at radius 3 is 2.52 bits per heavy atom. The first kappa shape index (κ1) is 20.9. The van der Waals surface area contributed by atoms with Crippen LogP contribution in [0.25, 0.3) is 0 Å². The van der Waals surface area contributed by atoms with E-state index in [1.807, 2.05) is 6.92 Å². The van der Waals surface area contributed by atoms with Crippen molar-refractivity contribution in [3.63, 3.8) is 0 Å². The molecule has 1 heterocycles. The van der Waals surface area contributed by atoms with Crippen LogP contribution in [-0.2, 0) is 9.59 Å². The highest BCUT2D eigenvalue weighted by molar-refractivity contribution is 5.97. The minimum atomic E-state index is -0.137. The average Bonchev–Trinajstić information content (AvgIpc) is 2.68. The number of likely N-dealkylation sites (tertiary alicyclic amines) is 1. The van der Waals surface area contributed by atoms with E-state index in [1.165, 1.54) is 0 Å². The average molecular weight is 374 g/mol. The number of anilines is 1. The van der Waals surface area contributed by atoms with Crippen molar-refractivity contribution >= 4 is 23.4 Å². The van der Waals surface area contributed by atoms with Gasteiger partial charge in [0.15, 0.2) is 0 Å². The summed E-state index contributed by atoms with van der Waals surface area (Å²) in [7, 11) is 0. The molecule has 0 bridgehead atoms. The minimum absolute atomic E-state index is 0.0604. The van der Waals surface area contributed by atoms with Crippen molar-refractivity contribution in [3.05, 3.63) is 29.8 Å². The fraction of sp³-hybridized carbons (Fsp3) is 0.550. The van der Waals surface area contributed by atoms with Gasteiger partial charge in [0.1, 0.15) is 0 Å². The lowest BCUT2D eigenvalue weighted by molar-refractivity contribution is -0.122. The Morgan fingerprint density at radius 1 is 1.11 bits per heavy atom. The second kappa shape index (κ2) is 10.7. The van der Waals surface area contributed by atoms with Gasteiger partial charge in [0.05, 0.1) is 6.54 Å². The Morgan fingerprint density at radius 2 is 1.85 bits per heavy atom. The lowest BCUT2D eigenvalue weighted by Gasteiger charge is -2.31. The molecule has 0 spiro atoms. The predicted molar refractivity (Wildman–Crippen MR) is 106 cm³/mol. The number of hydrogen-bond donors (Lipinski definition) is 3. The van der Waals surface area contributed by atoms with Crippen LogP contribution in [0.2, 0.25) is 0 Å². The number of nitrogens with one attached hydrogen (secondary N) is 3. The largest absolute Gasteiger partial charge is 0.355 e. The van der Waals surface area contributed by atoms with Crippen molar-refractivity contribution in [2.45, 2.75) is 45.6 Å². The number of amides is 3. The highest BCUT2D eigenvalue weighted by Crippen LogP contribution is 2.14. The van der Waals surface area contributed by atoms with Crippen molar-refractivity contribution in [2.75, 3.05) is 31.5 Å². The topological polar surface area (TPSA) is 90.5 Å². The zero-order valence-electron chi connectivity index (χ0n) is 16.2. The number of hydrogen-bond acceptors (Lipinski definition) is 4. The van der Waals surface area contributed by atoms with E-state index in [2.05, 4.69) is 20.9 Å². The molecule has 0 aliphatic carbocycles. The van der Waals surface area contributed by atoms with E-state index >= 15 is 0 Å². The Bertz CT molecular complexity index is 654. The molecule has 0 saturated carbocycles. The van der Waals surface area contributed by atoms with Crippen LogP contribution in [0.3, 0.4) is 0 Å². The van der Waals surface area contributed by atoms with E-state index in [0.29, 0.717) is 30.8 Å². The lowest BCUT2D eigenvalue weighted by Crippen LogP contribution is -2.47. The van der Waals surface area contributed by atoms with E-state index in [9.17, 15) is 14.4 Å². The van der Waals surface area contributed by atoms with E-state index < -0.39 is 0 Å². The number of carbonyl (C=O) groups is 3. The fourth-order valence-corrected chi connectivity index (χ4v) is 3.02. The summed E-state index contributed by atoms with van der Waals surface area (Å²) >= 11 is 0. The molecule has 1 fully saturated rings. The SMILES string of the molecule is CCCNC(=O)CN1CCC(NC(=O)c2cccc(NC(=O)CC)c2)CC1. The Labute approximate surface area is 160 Å². The molecule has 0 atom stereocenters. The summed E-state index contributed by atoms with van der Waals surface area (Å²) in [5, 5.41) is 8.71. The van der Waals surface area contributed by atoms with Gasteiger partial charge in [-0.1, -0.05) is 19.9 Å². The molecule has 0 aromatic heterocycles. The summed E-state index contributed by atoms with van der Waals surface area (Å²) in [6.45, 7) is 6.52. The van der Waals surface area contributed by atoms with Crippen LogP contribution < -0.4 is 16.0 Å². The zero-order chi connectivity index (χ0) is 19.6. The summed E-state index contributed by atoms with van der Waals surface area (Å²) in [6.07, 6.45) is 2.97. The van der Waals surface area contributed by atoms with E-state index in [4.69, 9.17) is 0 Å². The van der Waals surface area contributed by atoms with Gasteiger partial charge in [-0.2, -0.15) is 0 Å². The summed E-state index contributed by atoms with van der Waals surface area (Å²) in [6, 6.07) is 7.06. The first-order valence-corrected chi connectivity index (χ1v) is 9.71. The minimum Gasteiger partial charge on any atom is -0.355 e. The molecule has 1 aliphatic rings. The van der Waals surface area contributed by atoms with Crippen molar-refractivity contribution in [1.82, 2.24) is 15.5 Å². The smallest absolute Gasteiger partial charge is 0.251 e. The van der Waals surface area contributed by atoms with Gasteiger partial charge in [-0.25, -0.2) is 0 Å². The van der Waals surface area contributed by atoms with Crippen LogP contribution >= 0.6 is 0 Å². The third-order valence-electron chi connectivity index (χ3n) is 4.59. The van der Waals surface area contributed by atoms with Crippen molar-refractivity contribution in [2.24, 2.45) is 0 Å². The number of rotatable bonds is 8. The normalized spacial score (nSPS) is 15.2. The molecule has 1 saturated heterocycles. The van der Waals surface area contributed by atoms with Gasteiger partial charge in [-0.05, 0) is 37.5 Å². The first-order valence-electron chi connectivity index (χ1n) is 9.71. The van der Waals surface area contributed by atoms with Crippen LogP contribution in [0.5, 0.6) is 0 Å². The van der Waals surface area contributed by atoms with Crippen LogP contribution in [0, 0.1) is 0 Å². The number of nitrogens with zero attached hydrogens (tertiary/aromatic N) is 1. The maximum atomic E-state index is 12.5. The highest BCUT2D eigenvalue weighted by Gasteiger charge is 2.22. The molecule has 1 aromatic rings. The summed E-state index contributed by atoms with van der Waals surface area (Å²) < 4.78 is 0. The van der Waals surface area contributed by atoms with Gasteiger partial charge in [0, 0.05) is 43.3 Å². The second-order valence-corrected chi connectivity index (χ2v) is 6.86. The van der Waals surface area contributed by atoms with Crippen LogP contribution in [-0.4, -0.2) is 54.8 Å². The highest BCUT2D eigenvalue weighted by atomic mass is 16.2. The maximum absolute atomic E-state index is 12.5.